The summed E-state index contributed by atoms with van der Waals surface area (Å²) < 4.78 is 0. The van der Waals surface area contributed by atoms with E-state index in [0.717, 1.165) is 12.8 Å². The second-order valence-electron chi connectivity index (χ2n) is 5.90. The number of anilines is 1. The van der Waals surface area contributed by atoms with Crippen molar-refractivity contribution >= 4 is 22.3 Å². The van der Waals surface area contributed by atoms with Crippen LogP contribution in [0.15, 0.2) is 30.5 Å². The maximum absolute atomic E-state index is 11.5. The van der Waals surface area contributed by atoms with Crippen LogP contribution < -0.4 is 5.32 Å². The standard InChI is InChI=1S/C16H19N3O2/c1-11-4-2-5-12(10-11)18-15-8-7-14-13(6-3-9-17-14)16(15)19(20)21/h3,6-9,11-12,18H,2,4-5,10H2,1H3. The predicted molar refractivity (Wildman–Crippen MR) is 83.4 cm³/mol. The van der Waals surface area contributed by atoms with E-state index < -0.39 is 0 Å². The largest absolute Gasteiger partial charge is 0.377 e. The number of aromatic nitrogens is 1. The lowest BCUT2D eigenvalue weighted by molar-refractivity contribution is -0.382. The Kier molecular flexibility index (Phi) is 3.73. The van der Waals surface area contributed by atoms with Crippen LogP contribution in [-0.2, 0) is 0 Å². The van der Waals surface area contributed by atoms with E-state index in [1.54, 1.807) is 24.4 Å². The van der Waals surface area contributed by atoms with Gasteiger partial charge in [0.25, 0.3) is 0 Å². The van der Waals surface area contributed by atoms with Crippen molar-refractivity contribution in [3.05, 3.63) is 40.6 Å². The van der Waals surface area contributed by atoms with Gasteiger partial charge in [0.2, 0.25) is 0 Å². The highest BCUT2D eigenvalue weighted by Crippen LogP contribution is 2.35. The van der Waals surface area contributed by atoms with Gasteiger partial charge in [0.1, 0.15) is 5.69 Å². The second kappa shape index (κ2) is 5.68. The Morgan fingerprint density at radius 1 is 1.33 bits per heavy atom. The molecule has 21 heavy (non-hydrogen) atoms. The fourth-order valence-electron chi connectivity index (χ4n) is 3.24. The first-order valence-corrected chi connectivity index (χ1v) is 7.44. The molecule has 0 spiro atoms. The molecule has 0 radical (unpaired) electrons. The fourth-order valence-corrected chi connectivity index (χ4v) is 3.24. The topological polar surface area (TPSA) is 68.1 Å². The van der Waals surface area contributed by atoms with Crippen LogP contribution in [0.4, 0.5) is 11.4 Å². The molecule has 0 aliphatic heterocycles. The van der Waals surface area contributed by atoms with Crippen LogP contribution in [0.3, 0.4) is 0 Å². The molecule has 5 nitrogen and oxygen atoms in total. The van der Waals surface area contributed by atoms with E-state index in [-0.39, 0.29) is 10.6 Å². The number of fused-ring (bicyclic) bond motifs is 1. The highest BCUT2D eigenvalue weighted by Gasteiger charge is 2.24. The average Bonchev–Trinajstić information content (AvgIpc) is 2.46. The minimum absolute atomic E-state index is 0.138. The van der Waals surface area contributed by atoms with Gasteiger partial charge in [0, 0.05) is 12.2 Å². The minimum atomic E-state index is -0.307. The van der Waals surface area contributed by atoms with Crippen LogP contribution in [0.2, 0.25) is 0 Å². The summed E-state index contributed by atoms with van der Waals surface area (Å²) in [4.78, 5) is 15.4. The van der Waals surface area contributed by atoms with Crippen molar-refractivity contribution < 1.29 is 4.92 Å². The van der Waals surface area contributed by atoms with Gasteiger partial charge in [0.05, 0.1) is 15.8 Å². The van der Waals surface area contributed by atoms with Gasteiger partial charge in [0.15, 0.2) is 0 Å². The molecule has 1 fully saturated rings. The Labute approximate surface area is 123 Å². The van der Waals surface area contributed by atoms with Gasteiger partial charge in [-0.3, -0.25) is 15.1 Å². The van der Waals surface area contributed by atoms with Crippen LogP contribution in [0, 0.1) is 16.0 Å². The number of nitro benzene ring substituents is 1. The van der Waals surface area contributed by atoms with E-state index in [1.807, 2.05) is 6.07 Å². The lowest BCUT2D eigenvalue weighted by Gasteiger charge is -2.28. The van der Waals surface area contributed by atoms with E-state index >= 15 is 0 Å². The number of benzene rings is 1. The molecule has 0 bridgehead atoms. The smallest absolute Gasteiger partial charge is 0.301 e. The Morgan fingerprint density at radius 3 is 2.95 bits per heavy atom. The van der Waals surface area contributed by atoms with Crippen molar-refractivity contribution in [1.29, 1.82) is 0 Å². The highest BCUT2D eigenvalue weighted by molar-refractivity contribution is 5.94. The third-order valence-corrected chi connectivity index (χ3v) is 4.24. The van der Waals surface area contributed by atoms with Crippen LogP contribution >= 0.6 is 0 Å². The third-order valence-electron chi connectivity index (χ3n) is 4.24. The Bertz CT molecular complexity index is 672. The van der Waals surface area contributed by atoms with Gasteiger partial charge in [-0.2, -0.15) is 0 Å². The van der Waals surface area contributed by atoms with Crippen LogP contribution in [-0.4, -0.2) is 15.9 Å². The number of hydrogen-bond acceptors (Lipinski definition) is 4. The molecule has 1 aliphatic carbocycles. The molecule has 110 valence electrons. The summed E-state index contributed by atoms with van der Waals surface area (Å²) in [6, 6.07) is 7.45. The normalized spacial score (nSPS) is 22.1. The van der Waals surface area contributed by atoms with Crippen molar-refractivity contribution in [1.82, 2.24) is 4.98 Å². The van der Waals surface area contributed by atoms with Crippen molar-refractivity contribution in [2.75, 3.05) is 5.32 Å². The van der Waals surface area contributed by atoms with E-state index in [4.69, 9.17) is 0 Å². The first-order chi connectivity index (χ1) is 10.1. The molecule has 1 saturated carbocycles. The molecule has 5 heteroatoms. The molecule has 1 N–H and O–H groups in total. The summed E-state index contributed by atoms with van der Waals surface area (Å²) in [5.41, 5.74) is 1.41. The zero-order valence-corrected chi connectivity index (χ0v) is 12.1. The van der Waals surface area contributed by atoms with Gasteiger partial charge in [-0.05, 0) is 43.0 Å². The first-order valence-electron chi connectivity index (χ1n) is 7.44. The summed E-state index contributed by atoms with van der Waals surface area (Å²) in [6.07, 6.45) is 6.24. The van der Waals surface area contributed by atoms with Crippen LogP contribution in [0.5, 0.6) is 0 Å². The molecule has 2 aromatic rings. The Hall–Kier alpha value is -2.17. The van der Waals surface area contributed by atoms with Crippen molar-refractivity contribution in [2.24, 2.45) is 5.92 Å². The summed E-state index contributed by atoms with van der Waals surface area (Å²) in [5, 5.41) is 15.5. The van der Waals surface area contributed by atoms with Gasteiger partial charge < -0.3 is 5.32 Å². The Balaban J connectivity index is 1.97. The Morgan fingerprint density at radius 2 is 2.19 bits per heavy atom. The maximum Gasteiger partial charge on any atom is 0.301 e. The number of nitrogens with zero attached hydrogens (tertiary/aromatic N) is 2. The van der Waals surface area contributed by atoms with Crippen LogP contribution in [0.1, 0.15) is 32.6 Å². The fraction of sp³-hybridized carbons (Fsp3) is 0.438. The molecular formula is C16H19N3O2. The average molecular weight is 285 g/mol. The molecule has 3 rings (SSSR count). The van der Waals surface area contributed by atoms with Gasteiger partial charge in [-0.25, -0.2) is 0 Å². The second-order valence-corrected chi connectivity index (χ2v) is 5.90. The van der Waals surface area contributed by atoms with Crippen LogP contribution in [0.25, 0.3) is 10.9 Å². The minimum Gasteiger partial charge on any atom is -0.377 e. The van der Waals surface area contributed by atoms with E-state index in [1.165, 1.54) is 12.8 Å². The summed E-state index contributed by atoms with van der Waals surface area (Å²) >= 11 is 0. The quantitative estimate of drug-likeness (QED) is 0.680. The van der Waals surface area contributed by atoms with E-state index in [9.17, 15) is 10.1 Å². The molecule has 1 aromatic heterocycles. The molecular weight excluding hydrogens is 266 g/mol. The molecule has 0 amide bonds. The van der Waals surface area contributed by atoms with Crippen molar-refractivity contribution in [3.63, 3.8) is 0 Å². The SMILES string of the molecule is CC1CCCC(Nc2ccc3ncccc3c2[N+](=O)[O-])C1. The lowest BCUT2D eigenvalue weighted by Crippen LogP contribution is -2.26. The summed E-state index contributed by atoms with van der Waals surface area (Å²) in [5.74, 6) is 0.678. The van der Waals surface area contributed by atoms with Gasteiger partial charge in [-0.1, -0.05) is 19.8 Å². The first kappa shape index (κ1) is 13.8. The van der Waals surface area contributed by atoms with Crippen molar-refractivity contribution in [3.8, 4) is 0 Å². The molecule has 2 unspecified atom stereocenters. The number of pyridine rings is 1. The zero-order valence-electron chi connectivity index (χ0n) is 12.1. The van der Waals surface area contributed by atoms with Gasteiger partial charge >= 0.3 is 5.69 Å². The predicted octanol–water partition coefficient (Wildman–Crippen LogP) is 4.13. The summed E-state index contributed by atoms with van der Waals surface area (Å²) in [7, 11) is 0. The third kappa shape index (κ3) is 2.82. The number of nitro groups is 1. The lowest BCUT2D eigenvalue weighted by atomic mass is 9.87. The van der Waals surface area contributed by atoms with Gasteiger partial charge in [-0.15, -0.1) is 0 Å². The number of rotatable bonds is 3. The number of hydrogen-bond donors (Lipinski definition) is 1. The molecule has 1 heterocycles. The highest BCUT2D eigenvalue weighted by atomic mass is 16.6. The van der Waals surface area contributed by atoms with E-state index in [0.29, 0.717) is 28.6 Å². The monoisotopic (exact) mass is 285 g/mol. The molecule has 1 aliphatic rings. The van der Waals surface area contributed by atoms with Crippen molar-refractivity contribution in [2.45, 2.75) is 38.6 Å². The summed E-state index contributed by atoms with van der Waals surface area (Å²) in [6.45, 7) is 2.24. The molecule has 1 aromatic carbocycles. The maximum atomic E-state index is 11.5. The molecule has 0 saturated heterocycles. The number of nitrogens with one attached hydrogen (secondary N) is 1. The van der Waals surface area contributed by atoms with E-state index in [2.05, 4.69) is 17.2 Å². The zero-order chi connectivity index (χ0) is 14.8. The molecule has 2 atom stereocenters.